The van der Waals surface area contributed by atoms with E-state index in [1.807, 2.05) is 0 Å². The highest BCUT2D eigenvalue weighted by Crippen LogP contribution is 2.33. The van der Waals surface area contributed by atoms with Crippen LogP contribution in [0.2, 0.25) is 0 Å². The van der Waals surface area contributed by atoms with Crippen molar-refractivity contribution in [3.8, 4) is 0 Å². The van der Waals surface area contributed by atoms with Gasteiger partial charge in [0, 0.05) is 12.6 Å². The minimum Gasteiger partial charge on any atom is -0.334 e. The molecule has 0 bridgehead atoms. The fourth-order valence-corrected chi connectivity index (χ4v) is 3.93. The van der Waals surface area contributed by atoms with Crippen molar-refractivity contribution in [1.29, 1.82) is 0 Å². The molecule has 1 aromatic carbocycles. The lowest BCUT2D eigenvalue weighted by Crippen LogP contribution is -2.50. The van der Waals surface area contributed by atoms with Gasteiger partial charge in [-0.25, -0.2) is 12.8 Å². The summed E-state index contributed by atoms with van der Waals surface area (Å²) in [5.41, 5.74) is -2.23. The van der Waals surface area contributed by atoms with Crippen LogP contribution >= 0.6 is 0 Å². The number of halogens is 4. The second-order valence-corrected chi connectivity index (χ2v) is 7.36. The predicted molar refractivity (Wildman–Crippen MR) is 70.6 cm³/mol. The summed E-state index contributed by atoms with van der Waals surface area (Å²) in [7, 11) is -3.29. The fraction of sp³-hybridized carbons (Fsp3) is 0.462. The topological polar surface area (TPSA) is 54.5 Å². The van der Waals surface area contributed by atoms with Crippen molar-refractivity contribution < 1.29 is 30.8 Å². The van der Waals surface area contributed by atoms with Crippen LogP contribution in [0, 0.1) is 5.82 Å². The molecule has 1 aliphatic rings. The number of carbonyl (C=O) groups is 1. The van der Waals surface area contributed by atoms with Crippen LogP contribution in [0.15, 0.2) is 18.2 Å². The van der Waals surface area contributed by atoms with Gasteiger partial charge in [-0.2, -0.15) is 13.2 Å². The Morgan fingerprint density at radius 2 is 1.95 bits per heavy atom. The maximum atomic E-state index is 14.0. The number of benzene rings is 1. The number of alkyl halides is 3. The Balaban J connectivity index is 2.35. The predicted octanol–water partition coefficient (Wildman–Crippen LogP) is 2.10. The minimum absolute atomic E-state index is 0.169. The first-order valence-corrected chi connectivity index (χ1v) is 8.22. The van der Waals surface area contributed by atoms with Crippen LogP contribution in [0.5, 0.6) is 0 Å². The molecule has 1 atom stereocenters. The van der Waals surface area contributed by atoms with E-state index in [4.69, 9.17) is 0 Å². The second-order valence-electron chi connectivity index (χ2n) is 5.13. The van der Waals surface area contributed by atoms with E-state index >= 15 is 0 Å². The zero-order valence-corrected chi connectivity index (χ0v) is 12.3. The van der Waals surface area contributed by atoms with Gasteiger partial charge in [0.25, 0.3) is 5.91 Å². The van der Waals surface area contributed by atoms with Crippen molar-refractivity contribution in [3.05, 3.63) is 35.1 Å². The summed E-state index contributed by atoms with van der Waals surface area (Å²) in [5.74, 6) is -3.16. The number of carbonyl (C=O) groups excluding carboxylic acids is 1. The van der Waals surface area contributed by atoms with Gasteiger partial charge in [-0.3, -0.25) is 4.79 Å². The summed E-state index contributed by atoms with van der Waals surface area (Å²) in [4.78, 5) is 13.3. The average Bonchev–Trinajstić information content (AvgIpc) is 2.35. The molecule has 0 saturated carbocycles. The van der Waals surface area contributed by atoms with Crippen LogP contribution in [0.4, 0.5) is 17.6 Å². The molecule has 1 unspecified atom stereocenters. The largest absolute Gasteiger partial charge is 0.419 e. The number of hydrogen-bond donors (Lipinski definition) is 0. The van der Waals surface area contributed by atoms with E-state index in [0.717, 1.165) is 17.0 Å². The maximum absolute atomic E-state index is 14.0. The van der Waals surface area contributed by atoms with Crippen LogP contribution in [0.1, 0.15) is 22.8 Å². The number of rotatable bonds is 1. The van der Waals surface area contributed by atoms with E-state index in [2.05, 4.69) is 0 Å². The molecule has 0 spiro atoms. The molecule has 9 heteroatoms. The Labute approximate surface area is 124 Å². The van der Waals surface area contributed by atoms with Gasteiger partial charge in [-0.15, -0.1) is 0 Å². The molecule has 1 amide bonds. The SMILES string of the molecule is CC1CS(=O)(=O)CCN1C(=O)c1cccc(C(F)(F)F)c1F. The van der Waals surface area contributed by atoms with Gasteiger partial charge in [-0.05, 0) is 19.1 Å². The van der Waals surface area contributed by atoms with Gasteiger partial charge < -0.3 is 4.90 Å². The zero-order valence-electron chi connectivity index (χ0n) is 11.5. The molecule has 22 heavy (non-hydrogen) atoms. The minimum atomic E-state index is -4.91. The maximum Gasteiger partial charge on any atom is 0.419 e. The van der Waals surface area contributed by atoms with Crippen molar-refractivity contribution in [1.82, 2.24) is 4.90 Å². The van der Waals surface area contributed by atoms with Gasteiger partial charge in [0.15, 0.2) is 9.84 Å². The molecular formula is C13H13F4NO3S. The molecule has 122 valence electrons. The van der Waals surface area contributed by atoms with Crippen LogP contribution in [0.25, 0.3) is 0 Å². The Bertz CT molecular complexity index is 700. The third kappa shape index (κ3) is 3.23. The standard InChI is InChI=1S/C13H13F4NO3S/c1-8-7-22(20,21)6-5-18(8)12(19)9-3-2-4-10(11(9)14)13(15,16)17/h2-4,8H,5-7H2,1H3. The molecule has 0 aliphatic carbocycles. The molecule has 1 fully saturated rings. The molecule has 0 N–H and O–H groups in total. The highest BCUT2D eigenvalue weighted by molar-refractivity contribution is 7.91. The molecule has 0 aromatic heterocycles. The van der Waals surface area contributed by atoms with Crippen molar-refractivity contribution in [2.75, 3.05) is 18.1 Å². The molecule has 1 aromatic rings. The van der Waals surface area contributed by atoms with Crippen molar-refractivity contribution in [2.24, 2.45) is 0 Å². The molecule has 2 rings (SSSR count). The van der Waals surface area contributed by atoms with Crippen molar-refractivity contribution >= 4 is 15.7 Å². The lowest BCUT2D eigenvalue weighted by molar-refractivity contribution is -0.140. The van der Waals surface area contributed by atoms with Crippen molar-refractivity contribution in [2.45, 2.75) is 19.1 Å². The van der Waals surface area contributed by atoms with E-state index in [1.165, 1.54) is 6.92 Å². The Kier molecular flexibility index (Phi) is 4.20. The van der Waals surface area contributed by atoms with E-state index in [1.54, 1.807) is 0 Å². The van der Waals surface area contributed by atoms with Gasteiger partial charge in [-0.1, -0.05) is 6.07 Å². The fourth-order valence-electron chi connectivity index (χ4n) is 2.37. The quantitative estimate of drug-likeness (QED) is 0.737. The molecule has 0 radical (unpaired) electrons. The van der Waals surface area contributed by atoms with Gasteiger partial charge in [0.2, 0.25) is 0 Å². The molecule has 1 heterocycles. The number of sulfone groups is 1. The smallest absolute Gasteiger partial charge is 0.334 e. The molecular weight excluding hydrogens is 326 g/mol. The van der Waals surface area contributed by atoms with Crippen molar-refractivity contribution in [3.63, 3.8) is 0 Å². The van der Waals surface area contributed by atoms with Gasteiger partial charge >= 0.3 is 6.18 Å². The number of amides is 1. The van der Waals surface area contributed by atoms with Crippen LogP contribution in [-0.4, -0.2) is 43.3 Å². The summed E-state index contributed by atoms with van der Waals surface area (Å²) in [6.45, 7) is 1.29. The third-order valence-corrected chi connectivity index (χ3v) is 5.26. The first kappa shape index (κ1) is 16.7. The van der Waals surface area contributed by atoms with E-state index in [0.29, 0.717) is 6.07 Å². The summed E-state index contributed by atoms with van der Waals surface area (Å²) in [6, 6.07) is 1.74. The second kappa shape index (κ2) is 5.53. The molecule has 1 aliphatic heterocycles. The summed E-state index contributed by atoms with van der Waals surface area (Å²) < 4.78 is 74.9. The normalized spacial score (nSPS) is 21.7. The lowest BCUT2D eigenvalue weighted by Gasteiger charge is -2.33. The van der Waals surface area contributed by atoms with Crippen LogP contribution in [0.3, 0.4) is 0 Å². The third-order valence-electron chi connectivity index (χ3n) is 3.47. The zero-order chi connectivity index (χ0) is 16.7. The summed E-state index contributed by atoms with van der Waals surface area (Å²) >= 11 is 0. The van der Waals surface area contributed by atoms with Crippen LogP contribution in [-0.2, 0) is 16.0 Å². The Morgan fingerprint density at radius 3 is 2.50 bits per heavy atom. The lowest BCUT2D eigenvalue weighted by atomic mass is 10.1. The first-order valence-electron chi connectivity index (χ1n) is 6.40. The van der Waals surface area contributed by atoms with E-state index < -0.39 is 44.9 Å². The van der Waals surface area contributed by atoms with E-state index in [9.17, 15) is 30.8 Å². The van der Waals surface area contributed by atoms with Gasteiger partial charge in [0.1, 0.15) is 5.82 Å². The van der Waals surface area contributed by atoms with Gasteiger partial charge in [0.05, 0.1) is 22.6 Å². The van der Waals surface area contributed by atoms with Crippen LogP contribution < -0.4 is 0 Å². The molecule has 1 saturated heterocycles. The first-order chi connectivity index (χ1) is 10.0. The Morgan fingerprint density at radius 1 is 1.32 bits per heavy atom. The van der Waals surface area contributed by atoms with E-state index in [-0.39, 0.29) is 18.1 Å². The highest BCUT2D eigenvalue weighted by atomic mass is 32.2. The average molecular weight is 339 g/mol. The molecule has 4 nitrogen and oxygen atoms in total. The number of nitrogens with zero attached hydrogens (tertiary/aromatic N) is 1. The Hall–Kier alpha value is -1.64. The summed E-state index contributed by atoms with van der Waals surface area (Å²) in [6.07, 6.45) is -4.91. The summed E-state index contributed by atoms with van der Waals surface area (Å²) in [5, 5.41) is 0. The number of hydrogen-bond acceptors (Lipinski definition) is 3. The monoisotopic (exact) mass is 339 g/mol. The highest BCUT2D eigenvalue weighted by Gasteiger charge is 2.38.